The molecule has 1 aromatic carbocycles. The lowest BCUT2D eigenvalue weighted by Crippen LogP contribution is -2.25. The van der Waals surface area contributed by atoms with Gasteiger partial charge in [-0.3, -0.25) is 4.79 Å². The molecule has 2 aromatic heterocycles. The molecule has 1 amide bonds. The van der Waals surface area contributed by atoms with Gasteiger partial charge in [0.05, 0.1) is 6.61 Å². The van der Waals surface area contributed by atoms with Crippen molar-refractivity contribution in [2.24, 2.45) is 0 Å². The number of rotatable bonds is 9. The number of aromatic amines is 1. The fraction of sp³-hybridized carbons (Fsp3) is 0.500. The minimum absolute atomic E-state index is 0.0915. The fourth-order valence-corrected chi connectivity index (χ4v) is 4.75. The zero-order valence-electron chi connectivity index (χ0n) is 17.6. The van der Waals surface area contributed by atoms with Crippen LogP contribution in [0.2, 0.25) is 0 Å². The molecule has 1 fully saturated rings. The van der Waals surface area contributed by atoms with E-state index in [1.165, 1.54) is 25.7 Å². The summed E-state index contributed by atoms with van der Waals surface area (Å²) in [6.07, 6.45) is 8.68. The molecule has 8 heteroatoms. The number of benzene rings is 1. The number of H-pyrrole nitrogens is 1. The minimum Gasteiger partial charge on any atom is -0.494 e. The predicted molar refractivity (Wildman–Crippen MR) is 119 cm³/mol. The number of aryl methyl sites for hydroxylation is 1. The summed E-state index contributed by atoms with van der Waals surface area (Å²) < 4.78 is 7.85. The smallest absolute Gasteiger partial charge is 0.267 e. The Balaban J connectivity index is 1.33. The topological polar surface area (TPSA) is 84.8 Å². The van der Waals surface area contributed by atoms with Gasteiger partial charge in [0, 0.05) is 36.0 Å². The van der Waals surface area contributed by atoms with Crippen molar-refractivity contribution in [3.05, 3.63) is 35.8 Å². The summed E-state index contributed by atoms with van der Waals surface area (Å²) in [7, 11) is 0. The molecule has 1 aliphatic carbocycles. The summed E-state index contributed by atoms with van der Waals surface area (Å²) in [6.45, 7) is 3.17. The van der Waals surface area contributed by atoms with Gasteiger partial charge < -0.3 is 19.6 Å². The average Bonchev–Trinajstić information content (AvgIpc) is 3.49. The van der Waals surface area contributed by atoms with Crippen LogP contribution in [-0.4, -0.2) is 45.1 Å². The maximum Gasteiger partial charge on any atom is 0.267 e. The number of carbonyl (C=O) groups excluding carboxylic acids is 1. The van der Waals surface area contributed by atoms with Crippen LogP contribution in [0.25, 0.3) is 10.9 Å². The van der Waals surface area contributed by atoms with E-state index in [2.05, 4.69) is 31.3 Å². The SMILES string of the molecule is CCOc1ccc2cc(C(=O)NCCCc3nnc(SC)n3C3CCCC3)[nH]c2c1. The van der Waals surface area contributed by atoms with Crippen LogP contribution in [0.4, 0.5) is 0 Å². The van der Waals surface area contributed by atoms with Crippen molar-refractivity contribution in [1.82, 2.24) is 25.1 Å². The monoisotopic (exact) mass is 427 g/mol. The van der Waals surface area contributed by atoms with Crippen LogP contribution < -0.4 is 10.1 Å². The first kappa shape index (κ1) is 20.8. The Bertz CT molecular complexity index is 1010. The molecule has 0 aliphatic heterocycles. The standard InChI is InChI=1S/C22H29N5O2S/c1-3-29-17-11-10-15-13-19(24-18(15)14-17)21(28)23-12-6-9-20-25-26-22(30-2)27(20)16-7-4-5-8-16/h10-11,13-14,16,24H,3-9,12H2,1-2H3,(H,23,28). The van der Waals surface area contributed by atoms with Crippen LogP contribution >= 0.6 is 11.8 Å². The third kappa shape index (κ3) is 4.48. The molecule has 0 saturated heterocycles. The van der Waals surface area contributed by atoms with E-state index in [0.29, 0.717) is 24.9 Å². The van der Waals surface area contributed by atoms with Crippen LogP contribution in [-0.2, 0) is 6.42 Å². The van der Waals surface area contributed by atoms with Gasteiger partial charge in [-0.1, -0.05) is 24.6 Å². The number of hydrogen-bond acceptors (Lipinski definition) is 5. The molecule has 2 N–H and O–H groups in total. The number of amides is 1. The number of nitrogens with zero attached hydrogens (tertiary/aromatic N) is 3. The molecule has 2 heterocycles. The van der Waals surface area contributed by atoms with E-state index in [4.69, 9.17) is 4.74 Å². The molecule has 1 saturated carbocycles. The number of nitrogens with one attached hydrogen (secondary N) is 2. The van der Waals surface area contributed by atoms with Gasteiger partial charge in [-0.15, -0.1) is 10.2 Å². The molecule has 160 valence electrons. The number of ether oxygens (including phenoxy) is 1. The maximum atomic E-state index is 12.6. The van der Waals surface area contributed by atoms with Crippen molar-refractivity contribution in [3.8, 4) is 5.75 Å². The molecule has 0 radical (unpaired) electrons. The Morgan fingerprint density at radius 2 is 2.13 bits per heavy atom. The van der Waals surface area contributed by atoms with Crippen LogP contribution in [0, 0.1) is 0 Å². The highest BCUT2D eigenvalue weighted by Gasteiger charge is 2.23. The van der Waals surface area contributed by atoms with Gasteiger partial charge in [-0.25, -0.2) is 0 Å². The zero-order chi connectivity index (χ0) is 20.9. The summed E-state index contributed by atoms with van der Waals surface area (Å²) in [5, 5.41) is 13.8. The third-order valence-corrected chi connectivity index (χ3v) is 6.26. The number of hydrogen-bond donors (Lipinski definition) is 2. The highest BCUT2D eigenvalue weighted by atomic mass is 32.2. The van der Waals surface area contributed by atoms with Gasteiger partial charge in [0.25, 0.3) is 5.91 Å². The van der Waals surface area contributed by atoms with Gasteiger partial charge in [-0.2, -0.15) is 0 Å². The number of thioether (sulfide) groups is 1. The Hall–Kier alpha value is -2.48. The van der Waals surface area contributed by atoms with Crippen LogP contribution in [0.15, 0.2) is 29.4 Å². The lowest BCUT2D eigenvalue weighted by atomic mass is 10.2. The van der Waals surface area contributed by atoms with Gasteiger partial charge in [-0.05, 0) is 50.6 Å². The van der Waals surface area contributed by atoms with Gasteiger partial charge in [0.1, 0.15) is 17.3 Å². The fourth-order valence-electron chi connectivity index (χ4n) is 4.17. The molecule has 0 spiro atoms. The van der Waals surface area contributed by atoms with E-state index in [1.807, 2.05) is 31.2 Å². The quantitative estimate of drug-likeness (QED) is 0.392. The van der Waals surface area contributed by atoms with E-state index < -0.39 is 0 Å². The zero-order valence-corrected chi connectivity index (χ0v) is 18.4. The van der Waals surface area contributed by atoms with Crippen molar-refractivity contribution in [2.75, 3.05) is 19.4 Å². The Kier molecular flexibility index (Phi) is 6.62. The first-order chi connectivity index (χ1) is 14.7. The van der Waals surface area contributed by atoms with Crippen molar-refractivity contribution in [1.29, 1.82) is 0 Å². The average molecular weight is 428 g/mol. The summed E-state index contributed by atoms with van der Waals surface area (Å²) in [6, 6.07) is 8.22. The van der Waals surface area contributed by atoms with Crippen LogP contribution in [0.3, 0.4) is 0 Å². The second kappa shape index (κ2) is 9.55. The van der Waals surface area contributed by atoms with Crippen LogP contribution in [0.5, 0.6) is 5.75 Å². The minimum atomic E-state index is -0.0915. The van der Waals surface area contributed by atoms with Crippen molar-refractivity contribution in [3.63, 3.8) is 0 Å². The Labute approximate surface area is 181 Å². The van der Waals surface area contributed by atoms with Crippen molar-refractivity contribution >= 4 is 28.6 Å². The van der Waals surface area contributed by atoms with Crippen molar-refractivity contribution < 1.29 is 9.53 Å². The molecule has 7 nitrogen and oxygen atoms in total. The lowest BCUT2D eigenvalue weighted by Gasteiger charge is -2.16. The highest BCUT2D eigenvalue weighted by Crippen LogP contribution is 2.33. The first-order valence-corrected chi connectivity index (χ1v) is 11.9. The Morgan fingerprint density at radius 1 is 1.30 bits per heavy atom. The predicted octanol–water partition coefficient (Wildman–Crippen LogP) is 4.36. The van der Waals surface area contributed by atoms with E-state index in [1.54, 1.807) is 11.8 Å². The van der Waals surface area contributed by atoms with E-state index in [-0.39, 0.29) is 5.91 Å². The second-order valence-electron chi connectivity index (χ2n) is 7.64. The number of aromatic nitrogens is 4. The van der Waals surface area contributed by atoms with Crippen molar-refractivity contribution in [2.45, 2.75) is 56.6 Å². The van der Waals surface area contributed by atoms with E-state index in [9.17, 15) is 4.79 Å². The summed E-state index contributed by atoms with van der Waals surface area (Å²) in [5.74, 6) is 1.75. The van der Waals surface area contributed by atoms with Gasteiger partial charge in [0.15, 0.2) is 5.16 Å². The first-order valence-electron chi connectivity index (χ1n) is 10.7. The summed E-state index contributed by atoms with van der Waals surface area (Å²) >= 11 is 1.66. The van der Waals surface area contributed by atoms with E-state index >= 15 is 0 Å². The maximum absolute atomic E-state index is 12.6. The van der Waals surface area contributed by atoms with Gasteiger partial charge >= 0.3 is 0 Å². The van der Waals surface area contributed by atoms with Gasteiger partial charge in [0.2, 0.25) is 0 Å². The third-order valence-electron chi connectivity index (χ3n) is 5.62. The molecule has 1 aliphatic rings. The lowest BCUT2D eigenvalue weighted by molar-refractivity contribution is 0.0949. The molecule has 3 aromatic rings. The number of carbonyl (C=O) groups is 1. The molecule has 30 heavy (non-hydrogen) atoms. The summed E-state index contributed by atoms with van der Waals surface area (Å²) in [4.78, 5) is 15.7. The normalized spacial score (nSPS) is 14.5. The molecule has 4 rings (SSSR count). The Morgan fingerprint density at radius 3 is 2.90 bits per heavy atom. The second-order valence-corrected chi connectivity index (χ2v) is 8.41. The number of fused-ring (bicyclic) bond motifs is 1. The molecular formula is C22H29N5O2S. The summed E-state index contributed by atoms with van der Waals surface area (Å²) in [5.41, 5.74) is 1.47. The molecule has 0 bridgehead atoms. The largest absolute Gasteiger partial charge is 0.494 e. The van der Waals surface area contributed by atoms with E-state index in [0.717, 1.165) is 40.5 Å². The highest BCUT2D eigenvalue weighted by molar-refractivity contribution is 7.98. The molecule has 0 unspecified atom stereocenters. The van der Waals surface area contributed by atoms with Crippen LogP contribution in [0.1, 0.15) is 61.4 Å². The molecule has 0 atom stereocenters. The molecular weight excluding hydrogens is 398 g/mol.